The Balaban J connectivity index is 1.82. The van der Waals surface area contributed by atoms with Gasteiger partial charge in [0.15, 0.2) is 0 Å². The Labute approximate surface area is 109 Å². The molecule has 1 nitrogen and oxygen atoms in total. The first-order valence-corrected chi connectivity index (χ1v) is 6.66. The third kappa shape index (κ3) is 2.13. The molecule has 2 aromatic carbocycles. The van der Waals surface area contributed by atoms with E-state index in [-0.39, 0.29) is 0 Å². The molecule has 1 heteroatoms. The van der Waals surface area contributed by atoms with Crippen molar-refractivity contribution < 1.29 is 0 Å². The van der Waals surface area contributed by atoms with Gasteiger partial charge in [0.25, 0.3) is 0 Å². The molecule has 0 bridgehead atoms. The van der Waals surface area contributed by atoms with Crippen molar-refractivity contribution in [1.82, 2.24) is 0 Å². The Bertz CT molecular complexity index is 554. The van der Waals surface area contributed by atoms with Crippen molar-refractivity contribution in [2.24, 2.45) is 0 Å². The maximum absolute atomic E-state index is 5.85. The lowest BCUT2D eigenvalue weighted by atomic mass is 9.93. The van der Waals surface area contributed by atoms with Crippen molar-refractivity contribution in [3.05, 3.63) is 64.7 Å². The Hall–Kier alpha value is -1.76. The van der Waals surface area contributed by atoms with E-state index in [0.717, 1.165) is 12.1 Å². The van der Waals surface area contributed by atoms with Crippen LogP contribution < -0.4 is 5.73 Å². The van der Waals surface area contributed by atoms with Crippen LogP contribution in [0.3, 0.4) is 0 Å². The molecule has 1 aliphatic carbocycles. The van der Waals surface area contributed by atoms with Crippen LogP contribution >= 0.6 is 0 Å². The van der Waals surface area contributed by atoms with Crippen molar-refractivity contribution >= 4 is 5.69 Å². The van der Waals surface area contributed by atoms with E-state index in [1.165, 1.54) is 35.1 Å². The molecule has 1 atom stereocenters. The zero-order valence-corrected chi connectivity index (χ0v) is 10.8. The van der Waals surface area contributed by atoms with Crippen LogP contribution in [0.1, 0.15) is 34.6 Å². The number of hydrogen-bond acceptors (Lipinski definition) is 1. The number of fused-ring (bicyclic) bond motifs is 1. The second kappa shape index (κ2) is 4.49. The minimum Gasteiger partial charge on any atom is -0.399 e. The predicted octanol–water partition coefficient (Wildman–Crippen LogP) is 3.85. The molecule has 3 rings (SSSR count). The molecule has 18 heavy (non-hydrogen) atoms. The van der Waals surface area contributed by atoms with Crippen molar-refractivity contribution in [2.75, 3.05) is 5.73 Å². The quantitative estimate of drug-likeness (QED) is 0.789. The van der Waals surface area contributed by atoms with E-state index in [9.17, 15) is 0 Å². The Morgan fingerprint density at radius 2 is 1.89 bits per heavy atom. The fraction of sp³-hybridized carbons (Fsp3) is 0.294. The summed E-state index contributed by atoms with van der Waals surface area (Å²) in [5.41, 5.74) is 12.5. The van der Waals surface area contributed by atoms with Gasteiger partial charge >= 0.3 is 0 Å². The van der Waals surface area contributed by atoms with Crippen molar-refractivity contribution in [2.45, 2.75) is 32.1 Å². The summed E-state index contributed by atoms with van der Waals surface area (Å²) in [7, 11) is 0. The molecule has 0 saturated heterocycles. The maximum Gasteiger partial charge on any atom is 0.0316 e. The van der Waals surface area contributed by atoms with Crippen LogP contribution in [0.4, 0.5) is 5.69 Å². The number of aryl methyl sites for hydroxylation is 2. The molecule has 0 aliphatic heterocycles. The largest absolute Gasteiger partial charge is 0.399 e. The van der Waals surface area contributed by atoms with Crippen LogP contribution in [0, 0.1) is 6.92 Å². The molecule has 1 unspecified atom stereocenters. The normalized spacial score (nSPS) is 17.7. The predicted molar refractivity (Wildman–Crippen MR) is 76.8 cm³/mol. The number of nitrogen functional groups attached to an aromatic ring is 1. The number of anilines is 1. The highest BCUT2D eigenvalue weighted by Gasteiger charge is 2.22. The third-order valence-corrected chi connectivity index (χ3v) is 3.97. The minimum absolute atomic E-state index is 0.670. The molecule has 0 amide bonds. The van der Waals surface area contributed by atoms with Crippen LogP contribution in [-0.4, -0.2) is 0 Å². The Morgan fingerprint density at radius 1 is 1.11 bits per heavy atom. The topological polar surface area (TPSA) is 26.0 Å². The molecule has 92 valence electrons. The minimum atomic E-state index is 0.670. The fourth-order valence-corrected chi connectivity index (χ4v) is 2.95. The number of nitrogens with two attached hydrogens (primary N) is 1. The summed E-state index contributed by atoms with van der Waals surface area (Å²) in [5, 5.41) is 0. The second-order valence-corrected chi connectivity index (χ2v) is 5.38. The third-order valence-electron chi connectivity index (χ3n) is 3.97. The monoisotopic (exact) mass is 237 g/mol. The van der Waals surface area contributed by atoms with Gasteiger partial charge in [-0.15, -0.1) is 0 Å². The molecular weight excluding hydrogens is 218 g/mol. The van der Waals surface area contributed by atoms with Crippen LogP contribution in [0.5, 0.6) is 0 Å². The van der Waals surface area contributed by atoms with Crippen LogP contribution in [0.2, 0.25) is 0 Å². The van der Waals surface area contributed by atoms with Crippen molar-refractivity contribution in [3.8, 4) is 0 Å². The summed E-state index contributed by atoms with van der Waals surface area (Å²) in [4.78, 5) is 0. The average Bonchev–Trinajstić information content (AvgIpc) is 2.74. The molecule has 1 aliphatic rings. The molecule has 0 spiro atoms. The van der Waals surface area contributed by atoms with Gasteiger partial charge in [-0.2, -0.15) is 0 Å². The first-order chi connectivity index (χ1) is 8.72. The molecule has 2 aromatic rings. The number of rotatable bonds is 2. The van der Waals surface area contributed by atoms with Gasteiger partial charge in [0.05, 0.1) is 0 Å². The SMILES string of the molecule is Cc1ccc(CC2CCc3cc(N)ccc32)cc1. The van der Waals surface area contributed by atoms with E-state index in [4.69, 9.17) is 5.73 Å². The molecule has 0 aromatic heterocycles. The van der Waals surface area contributed by atoms with Crippen LogP contribution in [-0.2, 0) is 12.8 Å². The first kappa shape index (κ1) is 11.3. The molecular formula is C17H19N. The van der Waals surface area contributed by atoms with E-state index in [0.29, 0.717) is 5.92 Å². The van der Waals surface area contributed by atoms with E-state index in [1.54, 1.807) is 0 Å². The first-order valence-electron chi connectivity index (χ1n) is 6.66. The number of benzene rings is 2. The molecule has 0 fully saturated rings. The summed E-state index contributed by atoms with van der Waals surface area (Å²) in [6, 6.07) is 15.3. The van der Waals surface area contributed by atoms with Crippen LogP contribution in [0.15, 0.2) is 42.5 Å². The fourth-order valence-electron chi connectivity index (χ4n) is 2.95. The summed E-state index contributed by atoms with van der Waals surface area (Å²) < 4.78 is 0. The van der Waals surface area contributed by atoms with Gasteiger partial charge in [0.2, 0.25) is 0 Å². The summed E-state index contributed by atoms with van der Waals surface area (Å²) >= 11 is 0. The summed E-state index contributed by atoms with van der Waals surface area (Å²) in [5.74, 6) is 0.670. The average molecular weight is 237 g/mol. The molecule has 0 heterocycles. The van der Waals surface area contributed by atoms with E-state index < -0.39 is 0 Å². The van der Waals surface area contributed by atoms with Gasteiger partial charge in [-0.05, 0) is 60.9 Å². The van der Waals surface area contributed by atoms with E-state index in [1.807, 2.05) is 6.07 Å². The zero-order valence-electron chi connectivity index (χ0n) is 10.8. The standard InChI is InChI=1S/C17H19N/c1-12-2-4-13(5-3-12)10-14-6-7-15-11-16(18)8-9-17(14)15/h2-5,8-9,11,14H,6-7,10,18H2,1H3. The van der Waals surface area contributed by atoms with Gasteiger partial charge in [0.1, 0.15) is 0 Å². The lowest BCUT2D eigenvalue weighted by Crippen LogP contribution is -1.99. The summed E-state index contributed by atoms with van der Waals surface area (Å²) in [6.45, 7) is 2.14. The van der Waals surface area contributed by atoms with Gasteiger partial charge in [-0.25, -0.2) is 0 Å². The maximum atomic E-state index is 5.85. The van der Waals surface area contributed by atoms with Crippen molar-refractivity contribution in [1.29, 1.82) is 0 Å². The van der Waals surface area contributed by atoms with Gasteiger partial charge in [-0.1, -0.05) is 35.9 Å². The van der Waals surface area contributed by atoms with Gasteiger partial charge < -0.3 is 5.73 Å². The highest BCUT2D eigenvalue weighted by atomic mass is 14.5. The molecule has 2 N–H and O–H groups in total. The Kier molecular flexibility index (Phi) is 2.83. The highest BCUT2D eigenvalue weighted by Crippen LogP contribution is 2.36. The molecule has 0 saturated carbocycles. The zero-order chi connectivity index (χ0) is 12.5. The van der Waals surface area contributed by atoms with E-state index >= 15 is 0 Å². The van der Waals surface area contributed by atoms with Gasteiger partial charge in [0, 0.05) is 5.69 Å². The van der Waals surface area contributed by atoms with Crippen LogP contribution in [0.25, 0.3) is 0 Å². The Morgan fingerprint density at radius 3 is 2.67 bits per heavy atom. The lowest BCUT2D eigenvalue weighted by molar-refractivity contribution is 0.674. The number of hydrogen-bond donors (Lipinski definition) is 1. The summed E-state index contributed by atoms with van der Waals surface area (Å²) in [6.07, 6.45) is 3.58. The van der Waals surface area contributed by atoms with E-state index in [2.05, 4.69) is 43.3 Å². The molecule has 0 radical (unpaired) electrons. The lowest BCUT2D eigenvalue weighted by Gasteiger charge is -2.12. The highest BCUT2D eigenvalue weighted by molar-refractivity contribution is 5.48. The van der Waals surface area contributed by atoms with Gasteiger partial charge in [-0.3, -0.25) is 0 Å². The second-order valence-electron chi connectivity index (χ2n) is 5.38. The van der Waals surface area contributed by atoms with Crippen molar-refractivity contribution in [3.63, 3.8) is 0 Å². The smallest absolute Gasteiger partial charge is 0.0316 e.